The van der Waals surface area contributed by atoms with Crippen LogP contribution in [0.4, 0.5) is 4.39 Å². The fraction of sp³-hybridized carbons (Fsp3) is 0.222. The largest absolute Gasteiger partial charge is 0.481 e. The van der Waals surface area contributed by atoms with Gasteiger partial charge in [-0.3, -0.25) is 20.4 Å². The van der Waals surface area contributed by atoms with Crippen LogP contribution in [0, 0.1) is 5.82 Å². The lowest BCUT2D eigenvalue weighted by Crippen LogP contribution is -2.47. The molecule has 2 aromatic rings. The van der Waals surface area contributed by atoms with Gasteiger partial charge in [0.15, 0.2) is 6.10 Å². The van der Waals surface area contributed by atoms with Gasteiger partial charge in [0.05, 0.1) is 5.75 Å². The van der Waals surface area contributed by atoms with Crippen molar-refractivity contribution in [3.63, 3.8) is 0 Å². The molecule has 1 atom stereocenters. The zero-order valence-corrected chi connectivity index (χ0v) is 15.6. The average Bonchev–Trinajstić information content (AvgIpc) is 2.63. The highest BCUT2D eigenvalue weighted by Gasteiger charge is 2.15. The van der Waals surface area contributed by atoms with Gasteiger partial charge in [0.1, 0.15) is 11.6 Å². The van der Waals surface area contributed by atoms with Crippen molar-refractivity contribution in [3.8, 4) is 5.75 Å². The van der Waals surface area contributed by atoms with Gasteiger partial charge in [-0.2, -0.15) is 0 Å². The minimum atomic E-state index is -0.845. The van der Waals surface area contributed by atoms with E-state index in [-0.39, 0.29) is 11.7 Å². The van der Waals surface area contributed by atoms with Gasteiger partial charge in [-0.15, -0.1) is 11.8 Å². The van der Waals surface area contributed by atoms with Crippen LogP contribution >= 0.6 is 23.4 Å². The standard InChI is InChI=1S/C18H18ClFN2O3S/c1-12(25-16-8-6-15(20)7-9-16)18(24)22-21-17(23)11-26-10-13-2-4-14(19)5-3-13/h2-9,12H,10-11H2,1H3,(H,21,23)(H,22,24). The Morgan fingerprint density at radius 2 is 1.77 bits per heavy atom. The molecule has 26 heavy (non-hydrogen) atoms. The van der Waals surface area contributed by atoms with E-state index in [4.69, 9.17) is 16.3 Å². The van der Waals surface area contributed by atoms with Crippen LogP contribution in [0.1, 0.15) is 12.5 Å². The monoisotopic (exact) mass is 396 g/mol. The Balaban J connectivity index is 1.66. The van der Waals surface area contributed by atoms with Gasteiger partial charge in [0.25, 0.3) is 5.91 Å². The summed E-state index contributed by atoms with van der Waals surface area (Å²) < 4.78 is 18.2. The molecule has 0 aromatic heterocycles. The molecule has 1 unspecified atom stereocenters. The highest BCUT2D eigenvalue weighted by atomic mass is 35.5. The predicted octanol–water partition coefficient (Wildman–Crippen LogP) is 3.33. The Bertz CT molecular complexity index is 741. The maximum atomic E-state index is 12.8. The van der Waals surface area contributed by atoms with E-state index in [1.54, 1.807) is 12.1 Å². The number of ether oxygens (including phenoxy) is 1. The number of nitrogens with one attached hydrogen (secondary N) is 2. The number of benzene rings is 2. The molecule has 0 spiro atoms. The lowest BCUT2D eigenvalue weighted by molar-refractivity contribution is -0.131. The number of hydrazine groups is 1. The van der Waals surface area contributed by atoms with E-state index < -0.39 is 17.8 Å². The second-order valence-electron chi connectivity index (χ2n) is 5.37. The van der Waals surface area contributed by atoms with Crippen molar-refractivity contribution in [1.82, 2.24) is 10.9 Å². The summed E-state index contributed by atoms with van der Waals surface area (Å²) in [6.45, 7) is 1.53. The minimum Gasteiger partial charge on any atom is -0.481 e. The number of rotatable bonds is 7. The van der Waals surface area contributed by atoms with E-state index in [1.807, 2.05) is 12.1 Å². The summed E-state index contributed by atoms with van der Waals surface area (Å²) in [5.74, 6) is -0.0213. The molecule has 0 radical (unpaired) electrons. The Morgan fingerprint density at radius 3 is 2.42 bits per heavy atom. The fourth-order valence-corrected chi connectivity index (χ4v) is 2.80. The maximum absolute atomic E-state index is 12.8. The molecule has 2 amide bonds. The van der Waals surface area contributed by atoms with Crippen LogP contribution in [-0.2, 0) is 15.3 Å². The van der Waals surface area contributed by atoms with Crippen molar-refractivity contribution < 1.29 is 18.7 Å². The SMILES string of the molecule is CC(Oc1ccc(F)cc1)C(=O)NNC(=O)CSCc1ccc(Cl)cc1. The van der Waals surface area contributed by atoms with E-state index in [9.17, 15) is 14.0 Å². The first-order chi connectivity index (χ1) is 12.4. The quantitative estimate of drug-likeness (QED) is 0.704. The Kier molecular flexibility index (Phi) is 7.74. The summed E-state index contributed by atoms with van der Waals surface area (Å²) >= 11 is 7.22. The molecular weight excluding hydrogens is 379 g/mol. The smallest absolute Gasteiger partial charge is 0.279 e. The highest BCUT2D eigenvalue weighted by molar-refractivity contribution is 7.99. The molecule has 0 fully saturated rings. The van der Waals surface area contributed by atoms with Gasteiger partial charge < -0.3 is 4.74 Å². The van der Waals surface area contributed by atoms with Crippen molar-refractivity contribution in [2.24, 2.45) is 0 Å². The third-order valence-corrected chi connectivity index (χ3v) is 4.49. The summed E-state index contributed by atoms with van der Waals surface area (Å²) in [7, 11) is 0. The summed E-state index contributed by atoms with van der Waals surface area (Å²) in [4.78, 5) is 23.7. The van der Waals surface area contributed by atoms with Crippen LogP contribution in [0.5, 0.6) is 5.75 Å². The summed E-state index contributed by atoms with van der Waals surface area (Å²) in [5, 5.41) is 0.663. The number of thioether (sulfide) groups is 1. The van der Waals surface area contributed by atoms with E-state index in [0.717, 1.165) is 5.56 Å². The van der Waals surface area contributed by atoms with Gasteiger partial charge in [0.2, 0.25) is 5.91 Å². The normalized spacial score (nSPS) is 11.5. The first kappa shape index (κ1) is 20.1. The van der Waals surface area contributed by atoms with Crippen molar-refractivity contribution in [2.75, 3.05) is 5.75 Å². The average molecular weight is 397 g/mol. The first-order valence-corrected chi connectivity index (χ1v) is 9.30. The second kappa shape index (κ2) is 10.0. The zero-order valence-electron chi connectivity index (χ0n) is 14.0. The van der Waals surface area contributed by atoms with E-state index >= 15 is 0 Å². The minimum absolute atomic E-state index is 0.191. The van der Waals surface area contributed by atoms with Gasteiger partial charge in [-0.05, 0) is 48.9 Å². The molecular formula is C18H18ClFN2O3S. The maximum Gasteiger partial charge on any atom is 0.279 e. The van der Waals surface area contributed by atoms with Crippen LogP contribution in [0.3, 0.4) is 0 Å². The fourth-order valence-electron chi connectivity index (χ4n) is 1.88. The van der Waals surface area contributed by atoms with Crippen LogP contribution in [-0.4, -0.2) is 23.7 Å². The number of hydrogen-bond donors (Lipinski definition) is 2. The summed E-state index contributed by atoms with van der Waals surface area (Å²) in [6, 6.07) is 12.7. The van der Waals surface area contributed by atoms with Crippen molar-refractivity contribution in [1.29, 1.82) is 0 Å². The molecule has 0 saturated heterocycles. The first-order valence-electron chi connectivity index (χ1n) is 7.77. The molecule has 0 aliphatic carbocycles. The van der Waals surface area contributed by atoms with Gasteiger partial charge in [-0.25, -0.2) is 4.39 Å². The van der Waals surface area contributed by atoms with Crippen molar-refractivity contribution in [3.05, 3.63) is 64.9 Å². The lowest BCUT2D eigenvalue weighted by atomic mass is 10.2. The second-order valence-corrected chi connectivity index (χ2v) is 6.79. The molecule has 0 heterocycles. The Hall–Kier alpha value is -2.25. The number of hydrogen-bond acceptors (Lipinski definition) is 4. The summed E-state index contributed by atoms with van der Waals surface area (Å²) in [5.41, 5.74) is 5.69. The van der Waals surface area contributed by atoms with Crippen LogP contribution in [0.25, 0.3) is 0 Å². The molecule has 2 N–H and O–H groups in total. The zero-order chi connectivity index (χ0) is 18.9. The molecule has 2 aromatic carbocycles. The van der Waals surface area contributed by atoms with E-state index in [2.05, 4.69) is 10.9 Å². The molecule has 0 saturated carbocycles. The molecule has 5 nitrogen and oxygen atoms in total. The number of halogens is 2. The van der Waals surface area contributed by atoms with Crippen LogP contribution in [0.15, 0.2) is 48.5 Å². The molecule has 138 valence electrons. The molecule has 8 heteroatoms. The third-order valence-electron chi connectivity index (χ3n) is 3.24. The molecule has 0 aliphatic heterocycles. The Labute approximate surface area is 160 Å². The molecule has 2 rings (SSSR count). The van der Waals surface area contributed by atoms with Crippen LogP contribution < -0.4 is 15.6 Å². The predicted molar refractivity (Wildman–Crippen MR) is 100 cm³/mol. The van der Waals surface area contributed by atoms with Gasteiger partial charge in [-0.1, -0.05) is 23.7 Å². The van der Waals surface area contributed by atoms with E-state index in [1.165, 1.54) is 43.0 Å². The third kappa shape index (κ3) is 6.93. The van der Waals surface area contributed by atoms with Gasteiger partial charge in [0, 0.05) is 10.8 Å². The molecule has 0 aliphatic rings. The van der Waals surface area contributed by atoms with Crippen molar-refractivity contribution >= 4 is 35.2 Å². The van der Waals surface area contributed by atoms with Crippen LogP contribution in [0.2, 0.25) is 5.02 Å². The highest BCUT2D eigenvalue weighted by Crippen LogP contribution is 2.15. The number of carbonyl (C=O) groups is 2. The van der Waals surface area contributed by atoms with E-state index in [0.29, 0.717) is 16.5 Å². The Morgan fingerprint density at radius 1 is 1.12 bits per heavy atom. The van der Waals surface area contributed by atoms with Crippen molar-refractivity contribution in [2.45, 2.75) is 18.8 Å². The number of carbonyl (C=O) groups excluding carboxylic acids is 2. The summed E-state index contributed by atoms with van der Waals surface area (Å²) in [6.07, 6.45) is -0.845. The lowest BCUT2D eigenvalue weighted by Gasteiger charge is -2.15. The van der Waals surface area contributed by atoms with Gasteiger partial charge >= 0.3 is 0 Å². The molecule has 0 bridgehead atoms. The number of amides is 2. The topological polar surface area (TPSA) is 67.4 Å².